The molecule has 0 aliphatic heterocycles. The Morgan fingerprint density at radius 1 is 1.03 bits per heavy atom. The molecule has 0 radical (unpaired) electrons. The van der Waals surface area contributed by atoms with Crippen molar-refractivity contribution in [2.24, 2.45) is 5.92 Å². The lowest BCUT2D eigenvalue weighted by Crippen LogP contribution is -2.43. The molecule has 0 aliphatic rings. The molecule has 2 atom stereocenters. The fourth-order valence-electron chi connectivity index (χ4n) is 2.82. The van der Waals surface area contributed by atoms with Gasteiger partial charge in [-0.1, -0.05) is 55.8 Å². The van der Waals surface area contributed by atoms with E-state index in [1.54, 1.807) is 7.11 Å². The number of rotatable bonds is 9. The van der Waals surface area contributed by atoms with Crippen molar-refractivity contribution in [3.8, 4) is 11.5 Å². The zero-order valence-electron chi connectivity index (χ0n) is 19.2. The van der Waals surface area contributed by atoms with E-state index in [2.05, 4.69) is 55.9 Å². The predicted octanol–water partition coefficient (Wildman–Crippen LogP) is 6.73. The molecule has 6 heteroatoms. The van der Waals surface area contributed by atoms with Crippen LogP contribution in [-0.4, -0.2) is 27.1 Å². The maximum atomic E-state index is 9.88. The summed E-state index contributed by atoms with van der Waals surface area (Å²) < 4.78 is 18.9. The second kappa shape index (κ2) is 10.3. The molecule has 1 N–H and O–H groups in total. The minimum atomic E-state index is -2.02. The highest BCUT2D eigenvalue weighted by Gasteiger charge is 2.40. The minimum Gasteiger partial charge on any atom is -0.497 e. The van der Waals surface area contributed by atoms with Crippen LogP contribution in [0.1, 0.15) is 44.9 Å². The summed E-state index contributed by atoms with van der Waals surface area (Å²) in [7, 11) is -0.367. The molecule has 166 valence electrons. The fraction of sp³-hybridized carbons (Fsp3) is 0.500. The number of aliphatic hydroxyl groups excluding tert-OH is 1. The molecule has 0 bridgehead atoms. The van der Waals surface area contributed by atoms with Crippen LogP contribution < -0.4 is 9.47 Å². The van der Waals surface area contributed by atoms with Gasteiger partial charge in [-0.05, 0) is 59.6 Å². The van der Waals surface area contributed by atoms with Crippen LogP contribution in [0, 0.1) is 5.92 Å². The van der Waals surface area contributed by atoms with Crippen molar-refractivity contribution >= 4 is 24.2 Å². The van der Waals surface area contributed by atoms with Gasteiger partial charge in [0, 0.05) is 17.0 Å². The summed E-state index contributed by atoms with van der Waals surface area (Å²) in [6.07, 6.45) is -0.197. The Balaban J connectivity index is 2.26. The van der Waals surface area contributed by atoms with E-state index in [1.165, 1.54) is 0 Å². The molecule has 0 heterocycles. The average Bonchev–Trinajstić information content (AvgIpc) is 2.69. The van der Waals surface area contributed by atoms with Gasteiger partial charge in [0.25, 0.3) is 0 Å². The van der Waals surface area contributed by atoms with E-state index in [4.69, 9.17) is 13.9 Å². The Morgan fingerprint density at radius 3 is 2.20 bits per heavy atom. The number of hydrogen-bond acceptors (Lipinski definition) is 4. The molecule has 0 aliphatic carbocycles. The van der Waals surface area contributed by atoms with Crippen LogP contribution in [-0.2, 0) is 11.0 Å². The molecule has 4 nitrogen and oxygen atoms in total. The van der Waals surface area contributed by atoms with Crippen LogP contribution in [0.4, 0.5) is 0 Å². The highest BCUT2D eigenvalue weighted by molar-refractivity contribution is 9.10. The lowest BCUT2D eigenvalue weighted by Gasteiger charge is -2.41. The quantitative estimate of drug-likeness (QED) is 0.392. The summed E-state index contributed by atoms with van der Waals surface area (Å²) in [6, 6.07) is 13.9. The smallest absolute Gasteiger partial charge is 0.192 e. The van der Waals surface area contributed by atoms with Gasteiger partial charge >= 0.3 is 0 Å². The van der Waals surface area contributed by atoms with Crippen LogP contribution in [0.3, 0.4) is 0 Å². The first-order chi connectivity index (χ1) is 14.0. The third-order valence-corrected chi connectivity index (χ3v) is 10.7. The van der Waals surface area contributed by atoms with Crippen LogP contribution in [0.15, 0.2) is 46.9 Å². The zero-order chi connectivity index (χ0) is 22.5. The molecule has 2 aromatic rings. The van der Waals surface area contributed by atoms with Crippen molar-refractivity contribution in [1.82, 2.24) is 0 Å². The van der Waals surface area contributed by atoms with Crippen LogP contribution in [0.2, 0.25) is 18.1 Å². The molecular formula is C24H35BrO4Si. The van der Waals surface area contributed by atoms with E-state index in [-0.39, 0.29) is 23.7 Å². The summed E-state index contributed by atoms with van der Waals surface area (Å²) in [5, 5.41) is 9.97. The first-order valence-electron chi connectivity index (χ1n) is 10.3. The standard InChI is InChI=1S/C24H35BrO4Si/c1-17(15-26)23(29-30(6,7)24(2,3)4)19-12-20(25)14-22(13-19)28-16-18-8-10-21(27-5)11-9-18/h8-14,17,23,26H,15-16H2,1-7H3/t17-,23-/m1/s1. The van der Waals surface area contributed by atoms with Gasteiger partial charge < -0.3 is 19.0 Å². The van der Waals surface area contributed by atoms with E-state index >= 15 is 0 Å². The van der Waals surface area contributed by atoms with Gasteiger partial charge in [-0.2, -0.15) is 0 Å². The molecule has 0 aromatic heterocycles. The molecule has 0 spiro atoms. The first-order valence-corrected chi connectivity index (χ1v) is 14.0. The van der Waals surface area contributed by atoms with Crippen molar-refractivity contribution in [2.75, 3.05) is 13.7 Å². The number of methoxy groups -OCH3 is 1. The SMILES string of the molecule is COc1ccc(COc2cc(Br)cc([C@H](O[Si](C)(C)C(C)(C)C)[C@H](C)CO)c2)cc1. The summed E-state index contributed by atoms with van der Waals surface area (Å²) in [4.78, 5) is 0. The van der Waals surface area contributed by atoms with E-state index in [9.17, 15) is 5.11 Å². The highest BCUT2D eigenvalue weighted by atomic mass is 79.9. The van der Waals surface area contributed by atoms with Crippen molar-refractivity contribution in [2.45, 2.75) is 58.5 Å². The number of benzene rings is 2. The molecule has 30 heavy (non-hydrogen) atoms. The maximum Gasteiger partial charge on any atom is 0.192 e. The normalized spacial score (nSPS) is 14.3. The number of halogens is 1. The number of hydrogen-bond donors (Lipinski definition) is 1. The molecule has 0 fully saturated rings. The predicted molar refractivity (Wildman–Crippen MR) is 129 cm³/mol. The van der Waals surface area contributed by atoms with Crippen molar-refractivity contribution in [3.05, 3.63) is 58.1 Å². The lowest BCUT2D eigenvalue weighted by molar-refractivity contribution is 0.0847. The van der Waals surface area contributed by atoms with E-state index in [1.807, 2.05) is 43.3 Å². The van der Waals surface area contributed by atoms with E-state index in [0.29, 0.717) is 6.61 Å². The maximum absolute atomic E-state index is 9.88. The Kier molecular flexibility index (Phi) is 8.57. The van der Waals surface area contributed by atoms with Gasteiger partial charge in [0.1, 0.15) is 18.1 Å². The van der Waals surface area contributed by atoms with Crippen LogP contribution in [0.25, 0.3) is 0 Å². The van der Waals surface area contributed by atoms with Crippen molar-refractivity contribution in [3.63, 3.8) is 0 Å². The van der Waals surface area contributed by atoms with Gasteiger partial charge in [-0.25, -0.2) is 0 Å². The van der Waals surface area contributed by atoms with E-state index in [0.717, 1.165) is 27.1 Å². The lowest BCUT2D eigenvalue weighted by atomic mass is 9.98. The molecule has 2 aromatic carbocycles. The largest absolute Gasteiger partial charge is 0.497 e. The Bertz CT molecular complexity index is 815. The van der Waals surface area contributed by atoms with Gasteiger partial charge in [0.2, 0.25) is 0 Å². The van der Waals surface area contributed by atoms with Gasteiger partial charge in [-0.3, -0.25) is 0 Å². The summed E-state index contributed by atoms with van der Waals surface area (Å²) in [6.45, 7) is 13.7. The molecule has 0 amide bonds. The molecule has 0 unspecified atom stereocenters. The zero-order valence-corrected chi connectivity index (χ0v) is 21.7. The van der Waals surface area contributed by atoms with Crippen molar-refractivity contribution < 1.29 is 19.0 Å². The second-order valence-electron chi connectivity index (χ2n) is 9.32. The summed E-state index contributed by atoms with van der Waals surface area (Å²) in [5.74, 6) is 1.57. The number of aliphatic hydroxyl groups is 1. The third kappa shape index (κ3) is 6.58. The fourth-order valence-corrected chi connectivity index (χ4v) is 4.67. The monoisotopic (exact) mass is 494 g/mol. The molecule has 0 saturated heterocycles. The third-order valence-electron chi connectivity index (χ3n) is 5.82. The van der Waals surface area contributed by atoms with Gasteiger partial charge in [0.15, 0.2) is 8.32 Å². The van der Waals surface area contributed by atoms with Gasteiger partial charge in [-0.15, -0.1) is 0 Å². The van der Waals surface area contributed by atoms with Crippen molar-refractivity contribution in [1.29, 1.82) is 0 Å². The molecular weight excluding hydrogens is 460 g/mol. The van der Waals surface area contributed by atoms with Crippen LogP contribution >= 0.6 is 15.9 Å². The molecule has 2 rings (SSSR count). The minimum absolute atomic E-state index is 0.0251. The van der Waals surface area contributed by atoms with Gasteiger partial charge in [0.05, 0.1) is 13.2 Å². The second-order valence-corrected chi connectivity index (χ2v) is 15.0. The molecule has 0 saturated carbocycles. The summed E-state index contributed by atoms with van der Waals surface area (Å²) in [5.41, 5.74) is 2.08. The topological polar surface area (TPSA) is 47.9 Å². The van der Waals surface area contributed by atoms with Crippen LogP contribution in [0.5, 0.6) is 11.5 Å². The summed E-state index contributed by atoms with van der Waals surface area (Å²) >= 11 is 3.61. The van der Waals surface area contributed by atoms with E-state index < -0.39 is 8.32 Å². The Hall–Kier alpha value is -1.34. The highest BCUT2D eigenvalue weighted by Crippen LogP contribution is 2.42. The Morgan fingerprint density at radius 2 is 1.67 bits per heavy atom. The Labute approximate surface area is 190 Å². The number of ether oxygens (including phenoxy) is 2. The first kappa shape index (κ1) is 24.9. The average molecular weight is 496 g/mol.